The summed E-state index contributed by atoms with van der Waals surface area (Å²) in [6.45, 7) is 6.81. The number of aryl methyl sites for hydroxylation is 1. The summed E-state index contributed by atoms with van der Waals surface area (Å²) in [6, 6.07) is 16.4. The van der Waals surface area contributed by atoms with Crippen LogP contribution in [0.3, 0.4) is 0 Å². The van der Waals surface area contributed by atoms with Crippen LogP contribution in [-0.4, -0.2) is 11.7 Å². The third-order valence-corrected chi connectivity index (χ3v) is 4.77. The summed E-state index contributed by atoms with van der Waals surface area (Å²) in [6.07, 6.45) is 6.98. The zero-order chi connectivity index (χ0) is 19.1. The Morgan fingerprint density at radius 2 is 1.89 bits per heavy atom. The summed E-state index contributed by atoms with van der Waals surface area (Å²) in [7, 11) is 0. The average molecular weight is 379 g/mol. The van der Waals surface area contributed by atoms with Gasteiger partial charge in [0.1, 0.15) is 12.4 Å². The maximum absolute atomic E-state index is 5.78. The summed E-state index contributed by atoms with van der Waals surface area (Å²) in [5.41, 5.74) is 5.13. The van der Waals surface area contributed by atoms with Gasteiger partial charge in [-0.1, -0.05) is 56.7 Å². The standard InChI is InChI=1S/C23H26N2OS/c1-3-4-5-8-18-11-13-21(14-12-18)25-23(27)24-17(2)20-15-19-9-6-7-10-22(19)26-16-20/h6-7,9-15H,2-5,8,16H2,1H3,(H2,24,25,27). The highest BCUT2D eigenvalue weighted by Gasteiger charge is 2.13. The van der Waals surface area contributed by atoms with E-state index in [1.807, 2.05) is 24.3 Å². The van der Waals surface area contributed by atoms with Crippen molar-refractivity contribution in [3.05, 3.63) is 77.5 Å². The Labute approximate surface area is 167 Å². The number of fused-ring (bicyclic) bond motifs is 1. The normalized spacial score (nSPS) is 12.4. The van der Waals surface area contributed by atoms with E-state index in [2.05, 4.69) is 54.5 Å². The highest BCUT2D eigenvalue weighted by molar-refractivity contribution is 7.80. The summed E-state index contributed by atoms with van der Waals surface area (Å²) >= 11 is 5.43. The van der Waals surface area contributed by atoms with Crippen LogP contribution in [0.15, 0.2) is 66.4 Å². The number of hydrogen-bond donors (Lipinski definition) is 2. The summed E-state index contributed by atoms with van der Waals surface area (Å²) in [5, 5.41) is 6.91. The molecule has 2 aromatic rings. The van der Waals surface area contributed by atoms with Gasteiger partial charge in [0.15, 0.2) is 5.11 Å². The molecule has 0 fully saturated rings. The smallest absolute Gasteiger partial charge is 0.175 e. The molecule has 2 N–H and O–H groups in total. The number of unbranched alkanes of at least 4 members (excludes halogenated alkanes) is 2. The number of rotatable bonds is 7. The van der Waals surface area contributed by atoms with Gasteiger partial charge in [-0.25, -0.2) is 0 Å². The van der Waals surface area contributed by atoms with Crippen LogP contribution in [-0.2, 0) is 6.42 Å². The molecule has 0 unspecified atom stereocenters. The van der Waals surface area contributed by atoms with Gasteiger partial charge in [0.25, 0.3) is 0 Å². The maximum Gasteiger partial charge on any atom is 0.175 e. The Morgan fingerprint density at radius 3 is 2.67 bits per heavy atom. The molecule has 1 aliphatic heterocycles. The molecule has 0 saturated heterocycles. The molecule has 1 heterocycles. The number of ether oxygens (including phenoxy) is 1. The molecule has 27 heavy (non-hydrogen) atoms. The first-order valence-corrected chi connectivity index (χ1v) is 9.85. The minimum absolute atomic E-state index is 0.484. The number of anilines is 1. The van der Waals surface area contributed by atoms with Crippen molar-refractivity contribution in [3.8, 4) is 5.75 Å². The first kappa shape index (κ1) is 19.2. The predicted molar refractivity (Wildman–Crippen MR) is 118 cm³/mol. The first-order valence-electron chi connectivity index (χ1n) is 9.44. The van der Waals surface area contributed by atoms with Crippen molar-refractivity contribution in [1.82, 2.24) is 5.32 Å². The fourth-order valence-electron chi connectivity index (χ4n) is 3.00. The third-order valence-electron chi connectivity index (χ3n) is 4.56. The van der Waals surface area contributed by atoms with Crippen molar-refractivity contribution in [3.63, 3.8) is 0 Å². The van der Waals surface area contributed by atoms with E-state index in [1.165, 1.54) is 24.8 Å². The largest absolute Gasteiger partial charge is 0.488 e. The topological polar surface area (TPSA) is 33.3 Å². The molecule has 1 aliphatic rings. The van der Waals surface area contributed by atoms with Crippen LogP contribution in [0, 0.1) is 0 Å². The van der Waals surface area contributed by atoms with Crippen molar-refractivity contribution in [2.75, 3.05) is 11.9 Å². The predicted octanol–water partition coefficient (Wildman–Crippen LogP) is 5.70. The van der Waals surface area contributed by atoms with Gasteiger partial charge in [0.05, 0.1) is 0 Å². The van der Waals surface area contributed by atoms with Gasteiger partial charge in [-0.15, -0.1) is 0 Å². The highest BCUT2D eigenvalue weighted by atomic mass is 32.1. The summed E-state index contributed by atoms with van der Waals surface area (Å²) < 4.78 is 5.78. The molecule has 0 saturated carbocycles. The maximum atomic E-state index is 5.78. The lowest BCUT2D eigenvalue weighted by Gasteiger charge is -2.20. The molecule has 4 heteroatoms. The van der Waals surface area contributed by atoms with Gasteiger partial charge < -0.3 is 15.4 Å². The van der Waals surface area contributed by atoms with E-state index in [1.54, 1.807) is 0 Å². The van der Waals surface area contributed by atoms with Gasteiger partial charge in [0.2, 0.25) is 0 Å². The van der Waals surface area contributed by atoms with Crippen molar-refractivity contribution in [1.29, 1.82) is 0 Å². The Morgan fingerprint density at radius 1 is 1.11 bits per heavy atom. The van der Waals surface area contributed by atoms with Gasteiger partial charge in [0, 0.05) is 22.5 Å². The van der Waals surface area contributed by atoms with Crippen LogP contribution >= 0.6 is 12.2 Å². The minimum atomic E-state index is 0.484. The van der Waals surface area contributed by atoms with Gasteiger partial charge in [-0.3, -0.25) is 0 Å². The number of thiocarbonyl (C=S) groups is 1. The number of para-hydroxylation sites is 1. The molecule has 140 valence electrons. The molecule has 0 aliphatic carbocycles. The van der Waals surface area contributed by atoms with Crippen molar-refractivity contribution < 1.29 is 4.74 Å². The highest BCUT2D eigenvalue weighted by Crippen LogP contribution is 2.27. The van der Waals surface area contributed by atoms with Gasteiger partial charge in [-0.05, 0) is 54.9 Å². The van der Waals surface area contributed by atoms with E-state index in [0.717, 1.165) is 34.7 Å². The van der Waals surface area contributed by atoms with Crippen LogP contribution in [0.4, 0.5) is 5.69 Å². The monoisotopic (exact) mass is 378 g/mol. The van der Waals surface area contributed by atoms with E-state index in [0.29, 0.717) is 11.7 Å². The van der Waals surface area contributed by atoms with Crippen LogP contribution in [0.5, 0.6) is 5.75 Å². The average Bonchev–Trinajstić information content (AvgIpc) is 2.69. The van der Waals surface area contributed by atoms with Crippen LogP contribution < -0.4 is 15.4 Å². The second kappa shape index (κ2) is 9.38. The molecule has 2 aromatic carbocycles. The third kappa shape index (κ3) is 5.44. The molecule has 0 aromatic heterocycles. The van der Waals surface area contributed by atoms with Gasteiger partial charge >= 0.3 is 0 Å². The SMILES string of the molecule is C=C(NC(=S)Nc1ccc(CCCCC)cc1)C1=Cc2ccccc2OC1. The van der Waals surface area contributed by atoms with Crippen LogP contribution in [0.25, 0.3) is 6.08 Å². The molecular formula is C23H26N2OS. The van der Waals surface area contributed by atoms with E-state index in [4.69, 9.17) is 17.0 Å². The van der Waals surface area contributed by atoms with Crippen molar-refractivity contribution >= 4 is 29.1 Å². The fourth-order valence-corrected chi connectivity index (χ4v) is 3.24. The molecule has 3 rings (SSSR count). The Kier molecular flexibility index (Phi) is 6.66. The Hall–Kier alpha value is -2.59. The number of hydrogen-bond acceptors (Lipinski definition) is 2. The molecule has 0 spiro atoms. The Balaban J connectivity index is 1.53. The number of benzene rings is 2. The van der Waals surface area contributed by atoms with E-state index < -0.39 is 0 Å². The quantitative estimate of drug-likeness (QED) is 0.479. The van der Waals surface area contributed by atoms with E-state index in [9.17, 15) is 0 Å². The molecule has 0 amide bonds. The number of nitrogens with one attached hydrogen (secondary N) is 2. The lowest BCUT2D eigenvalue weighted by atomic mass is 10.1. The van der Waals surface area contributed by atoms with E-state index in [-0.39, 0.29) is 0 Å². The first-order chi connectivity index (χ1) is 13.2. The molecular weight excluding hydrogens is 352 g/mol. The van der Waals surface area contributed by atoms with Crippen molar-refractivity contribution in [2.45, 2.75) is 32.6 Å². The van der Waals surface area contributed by atoms with Crippen molar-refractivity contribution in [2.24, 2.45) is 0 Å². The fraction of sp³-hybridized carbons (Fsp3) is 0.261. The summed E-state index contributed by atoms with van der Waals surface area (Å²) in [5.74, 6) is 0.897. The lowest BCUT2D eigenvalue weighted by Crippen LogP contribution is -2.29. The molecule has 0 radical (unpaired) electrons. The molecule has 0 atom stereocenters. The van der Waals surface area contributed by atoms with Crippen LogP contribution in [0.1, 0.15) is 37.3 Å². The van der Waals surface area contributed by atoms with E-state index >= 15 is 0 Å². The molecule has 0 bridgehead atoms. The molecule has 3 nitrogen and oxygen atoms in total. The van der Waals surface area contributed by atoms with Crippen LogP contribution in [0.2, 0.25) is 0 Å². The lowest BCUT2D eigenvalue weighted by molar-refractivity contribution is 0.349. The minimum Gasteiger partial charge on any atom is -0.488 e. The second-order valence-corrected chi connectivity index (χ2v) is 7.12. The second-order valence-electron chi connectivity index (χ2n) is 6.71. The zero-order valence-electron chi connectivity index (χ0n) is 15.8. The Bertz CT molecular complexity index is 840. The van der Waals surface area contributed by atoms with Gasteiger partial charge in [-0.2, -0.15) is 0 Å². The zero-order valence-corrected chi connectivity index (χ0v) is 16.6. The summed E-state index contributed by atoms with van der Waals surface area (Å²) in [4.78, 5) is 0.